The quantitative estimate of drug-likeness (QED) is 0.249. The Hall–Kier alpha value is -1.09. The maximum absolute atomic E-state index is 13.7. The van der Waals surface area contributed by atoms with Gasteiger partial charge in [0, 0.05) is 5.92 Å². The molecule has 0 aromatic rings. The number of alkyl halides is 4. The number of nitriles is 1. The summed E-state index contributed by atoms with van der Waals surface area (Å²) in [6.07, 6.45) is -5.59. The summed E-state index contributed by atoms with van der Waals surface area (Å²) in [6.45, 7) is 0. The molecule has 0 aliphatic heterocycles. The SMILES string of the molecule is N#CC1CCC(OC(=O)C(F)(SOO[O-])C(F)(F)F)CC1. The number of hydrogen-bond donors (Lipinski definition) is 0. The number of nitrogens with zero attached hydrogens (tertiary/aromatic N) is 1. The second-order valence-corrected chi connectivity index (χ2v) is 5.19. The molecule has 0 aromatic heterocycles. The minimum Gasteiger partial charge on any atom is -0.691 e. The molecule has 11 heteroatoms. The van der Waals surface area contributed by atoms with Crippen LogP contribution in [-0.4, -0.2) is 23.3 Å². The van der Waals surface area contributed by atoms with Crippen LogP contribution in [0.25, 0.3) is 0 Å². The number of halogens is 4. The first-order valence-corrected chi connectivity index (χ1v) is 6.49. The Bertz CT molecular complexity index is 407. The third kappa shape index (κ3) is 4.44. The van der Waals surface area contributed by atoms with Crippen LogP contribution in [0, 0.1) is 17.2 Å². The van der Waals surface area contributed by atoms with Gasteiger partial charge in [-0.1, -0.05) is 0 Å². The van der Waals surface area contributed by atoms with Gasteiger partial charge in [-0.25, -0.2) is 9.18 Å². The number of carbonyl (C=O) groups excluding carboxylic acids is 1. The van der Waals surface area contributed by atoms with Crippen molar-refractivity contribution in [2.24, 2.45) is 5.92 Å². The predicted octanol–water partition coefficient (Wildman–Crippen LogP) is 1.71. The summed E-state index contributed by atoms with van der Waals surface area (Å²) in [5.74, 6) is -2.48. The molecule has 21 heavy (non-hydrogen) atoms. The molecule has 0 spiro atoms. The first kappa shape index (κ1) is 18.0. The second-order valence-electron chi connectivity index (χ2n) is 4.32. The molecule has 0 radical (unpaired) electrons. The summed E-state index contributed by atoms with van der Waals surface area (Å²) in [5.41, 5.74) is 0. The third-order valence-corrected chi connectivity index (χ3v) is 3.69. The molecule has 0 N–H and O–H groups in total. The van der Waals surface area contributed by atoms with Crippen molar-refractivity contribution in [2.75, 3.05) is 0 Å². The predicted molar refractivity (Wildman–Crippen MR) is 57.1 cm³/mol. The molecule has 1 atom stereocenters. The molecule has 0 saturated heterocycles. The van der Waals surface area contributed by atoms with Crippen molar-refractivity contribution in [3.05, 3.63) is 0 Å². The average molecular weight is 332 g/mol. The minimum absolute atomic E-state index is 0.154. The fourth-order valence-electron chi connectivity index (χ4n) is 1.79. The summed E-state index contributed by atoms with van der Waals surface area (Å²) in [7, 11) is 0. The third-order valence-electron chi connectivity index (χ3n) is 2.93. The van der Waals surface area contributed by atoms with Crippen molar-refractivity contribution < 1.29 is 41.7 Å². The van der Waals surface area contributed by atoms with E-state index in [0.717, 1.165) is 0 Å². The fraction of sp³-hybridized carbons (Fsp3) is 0.800. The molecule has 1 unspecified atom stereocenters. The monoisotopic (exact) mass is 332 g/mol. The van der Waals surface area contributed by atoms with Gasteiger partial charge in [-0.15, -0.1) is 0 Å². The number of carbonyl (C=O) groups is 1. The van der Waals surface area contributed by atoms with E-state index < -0.39 is 35.3 Å². The van der Waals surface area contributed by atoms with Crippen molar-refractivity contribution in [3.63, 3.8) is 0 Å². The Balaban J connectivity index is 2.68. The van der Waals surface area contributed by atoms with Crippen LogP contribution in [0.4, 0.5) is 17.6 Å². The van der Waals surface area contributed by atoms with Gasteiger partial charge < -0.3 is 9.99 Å². The van der Waals surface area contributed by atoms with Gasteiger partial charge in [0.25, 0.3) is 0 Å². The van der Waals surface area contributed by atoms with Crippen molar-refractivity contribution in [2.45, 2.75) is 43.0 Å². The lowest BCUT2D eigenvalue weighted by atomic mass is 9.88. The summed E-state index contributed by atoms with van der Waals surface area (Å²) in [5, 5.41) is 16.3. The van der Waals surface area contributed by atoms with Gasteiger partial charge >= 0.3 is 17.1 Å². The van der Waals surface area contributed by atoms with E-state index in [2.05, 4.69) is 14.1 Å². The van der Waals surface area contributed by atoms with Crippen molar-refractivity contribution in [1.29, 1.82) is 5.26 Å². The average Bonchev–Trinajstić information content (AvgIpc) is 2.44. The van der Waals surface area contributed by atoms with Crippen LogP contribution in [-0.2, 0) is 18.9 Å². The first-order valence-electron chi connectivity index (χ1n) is 5.75. The molecule has 1 saturated carbocycles. The van der Waals surface area contributed by atoms with Crippen LogP contribution in [0.15, 0.2) is 0 Å². The van der Waals surface area contributed by atoms with E-state index in [4.69, 9.17) is 5.26 Å². The molecular formula is C10H10F4NO5S-. The van der Waals surface area contributed by atoms with E-state index in [1.54, 1.807) is 0 Å². The Morgan fingerprint density at radius 1 is 1.24 bits per heavy atom. The highest BCUT2D eigenvalue weighted by atomic mass is 32.2. The highest BCUT2D eigenvalue weighted by molar-refractivity contribution is 7.96. The van der Waals surface area contributed by atoms with Crippen LogP contribution < -0.4 is 5.26 Å². The zero-order chi connectivity index (χ0) is 16.1. The smallest absolute Gasteiger partial charge is 0.446 e. The number of rotatable bonds is 5. The first-order chi connectivity index (χ1) is 9.74. The van der Waals surface area contributed by atoms with E-state index >= 15 is 0 Å². The molecule has 1 fully saturated rings. The van der Waals surface area contributed by atoms with Gasteiger partial charge in [-0.3, -0.25) is 5.04 Å². The van der Waals surface area contributed by atoms with Gasteiger partial charge in [0.15, 0.2) is 0 Å². The van der Waals surface area contributed by atoms with Gasteiger partial charge in [0.2, 0.25) is 0 Å². The van der Waals surface area contributed by atoms with Crippen molar-refractivity contribution >= 4 is 18.0 Å². The summed E-state index contributed by atoms with van der Waals surface area (Å²) < 4.78 is 59.2. The van der Waals surface area contributed by atoms with Crippen LogP contribution in [0.2, 0.25) is 0 Å². The summed E-state index contributed by atoms with van der Waals surface area (Å²) in [4.78, 5) is 11.4. The van der Waals surface area contributed by atoms with E-state index in [0.29, 0.717) is 12.8 Å². The lowest BCUT2D eigenvalue weighted by Crippen LogP contribution is -2.48. The summed E-state index contributed by atoms with van der Waals surface area (Å²) >= 11 is -1.12. The van der Waals surface area contributed by atoms with Crippen molar-refractivity contribution in [3.8, 4) is 6.07 Å². The molecule has 1 aliphatic carbocycles. The van der Waals surface area contributed by atoms with Crippen LogP contribution >= 0.6 is 12.0 Å². The Labute approximate surface area is 121 Å². The molecule has 6 nitrogen and oxygen atoms in total. The molecule has 0 aromatic carbocycles. The van der Waals surface area contributed by atoms with Crippen LogP contribution in [0.3, 0.4) is 0 Å². The molecule has 0 heterocycles. The van der Waals surface area contributed by atoms with Crippen LogP contribution in [0.5, 0.6) is 0 Å². The van der Waals surface area contributed by atoms with Gasteiger partial charge in [-0.2, -0.15) is 22.8 Å². The molecule has 0 amide bonds. The topological polar surface area (TPSA) is 91.6 Å². The van der Waals surface area contributed by atoms with E-state index in [1.165, 1.54) is 0 Å². The zero-order valence-corrected chi connectivity index (χ0v) is 11.2. The number of ether oxygens (including phenoxy) is 1. The van der Waals surface area contributed by atoms with Gasteiger partial charge in [0.1, 0.15) is 6.10 Å². The lowest BCUT2D eigenvalue weighted by molar-refractivity contribution is -0.777. The Morgan fingerprint density at radius 3 is 2.24 bits per heavy atom. The lowest BCUT2D eigenvalue weighted by Gasteiger charge is -2.29. The Kier molecular flexibility index (Phi) is 6.21. The standard InChI is InChI=1S/C10H11F4NO5S/c11-9(10(12,13)14,21-20-19-17)8(16)18-7-3-1-6(5-15)2-4-7/h6-7,17H,1-4H2/p-1. The molecular weight excluding hydrogens is 322 g/mol. The molecule has 0 bridgehead atoms. The molecule has 1 rings (SSSR count). The van der Waals surface area contributed by atoms with E-state index in [9.17, 15) is 27.6 Å². The molecule has 120 valence electrons. The summed E-state index contributed by atoms with van der Waals surface area (Å²) in [6, 6.07) is 1.99. The fourth-order valence-corrected chi connectivity index (χ4v) is 2.13. The normalized spacial score (nSPS) is 25.7. The molecule has 1 aliphatic rings. The van der Waals surface area contributed by atoms with Crippen molar-refractivity contribution in [1.82, 2.24) is 0 Å². The zero-order valence-electron chi connectivity index (χ0n) is 10.4. The highest BCUT2D eigenvalue weighted by Gasteiger charge is 2.66. The van der Waals surface area contributed by atoms with E-state index in [1.807, 2.05) is 6.07 Å². The van der Waals surface area contributed by atoms with Crippen LogP contribution in [0.1, 0.15) is 25.7 Å². The van der Waals surface area contributed by atoms with Gasteiger partial charge in [0.05, 0.1) is 18.1 Å². The highest BCUT2D eigenvalue weighted by Crippen LogP contribution is 2.45. The Morgan fingerprint density at radius 2 is 1.81 bits per heavy atom. The maximum Gasteiger partial charge on any atom is 0.446 e. The maximum atomic E-state index is 13.7. The number of esters is 1. The minimum atomic E-state index is -5.66. The number of hydrogen-bond acceptors (Lipinski definition) is 7. The largest absolute Gasteiger partial charge is 0.691 e. The van der Waals surface area contributed by atoms with E-state index in [-0.39, 0.29) is 18.8 Å². The van der Waals surface area contributed by atoms with Gasteiger partial charge in [-0.05, 0) is 25.7 Å². The second kappa shape index (κ2) is 7.26.